The highest BCUT2D eigenvalue weighted by molar-refractivity contribution is 5.78. The lowest BCUT2D eigenvalue weighted by Gasteiger charge is -2.31. The quantitative estimate of drug-likeness (QED) is 0.739. The Morgan fingerprint density at radius 3 is 2.56 bits per heavy atom. The van der Waals surface area contributed by atoms with Gasteiger partial charge in [0, 0.05) is 32.4 Å². The zero-order chi connectivity index (χ0) is 11.5. The topological polar surface area (TPSA) is 49.6 Å². The normalized spacial score (nSPS) is 17.8. The number of anilines is 1. The van der Waals surface area contributed by atoms with Crippen LogP contribution in [0.4, 0.5) is 5.69 Å². The van der Waals surface area contributed by atoms with Gasteiger partial charge in [0.05, 0.1) is 6.54 Å². The molecule has 16 heavy (non-hydrogen) atoms. The van der Waals surface area contributed by atoms with Gasteiger partial charge in [-0.1, -0.05) is 12.1 Å². The molecule has 1 heterocycles. The minimum absolute atomic E-state index is 0.196. The maximum absolute atomic E-state index is 11.5. The predicted molar refractivity (Wildman–Crippen MR) is 63.8 cm³/mol. The third kappa shape index (κ3) is 2.52. The standard InChI is InChI=1S/C12H17N3O/c1-14-6-7-15(9-12(14)16)8-10-2-4-11(13)5-3-10/h2-5H,6-9,13H2,1H3. The van der Waals surface area contributed by atoms with Gasteiger partial charge in [-0.15, -0.1) is 0 Å². The molecule has 0 spiro atoms. The van der Waals surface area contributed by atoms with Crippen LogP contribution in [0, 0.1) is 0 Å². The fourth-order valence-electron chi connectivity index (χ4n) is 1.82. The second-order valence-electron chi connectivity index (χ2n) is 4.27. The van der Waals surface area contributed by atoms with Gasteiger partial charge in [0.15, 0.2) is 0 Å². The molecule has 2 rings (SSSR count). The van der Waals surface area contributed by atoms with Crippen LogP contribution in [0.2, 0.25) is 0 Å². The number of nitrogens with zero attached hydrogens (tertiary/aromatic N) is 2. The molecule has 0 saturated carbocycles. The summed E-state index contributed by atoms with van der Waals surface area (Å²) >= 11 is 0. The van der Waals surface area contributed by atoms with E-state index in [4.69, 9.17) is 5.73 Å². The summed E-state index contributed by atoms with van der Waals surface area (Å²) in [7, 11) is 1.85. The third-order valence-electron chi connectivity index (χ3n) is 2.92. The Labute approximate surface area is 95.6 Å². The number of benzene rings is 1. The van der Waals surface area contributed by atoms with Crippen molar-refractivity contribution in [2.45, 2.75) is 6.54 Å². The minimum atomic E-state index is 0.196. The van der Waals surface area contributed by atoms with Gasteiger partial charge in [-0.2, -0.15) is 0 Å². The van der Waals surface area contributed by atoms with E-state index in [0.717, 1.165) is 25.3 Å². The molecule has 86 valence electrons. The number of hydrogen-bond acceptors (Lipinski definition) is 3. The molecule has 1 saturated heterocycles. The van der Waals surface area contributed by atoms with Gasteiger partial charge < -0.3 is 10.6 Å². The molecule has 0 unspecified atom stereocenters. The summed E-state index contributed by atoms with van der Waals surface area (Å²) in [6, 6.07) is 7.82. The zero-order valence-corrected chi connectivity index (χ0v) is 9.52. The van der Waals surface area contributed by atoms with Gasteiger partial charge in [0.25, 0.3) is 0 Å². The summed E-state index contributed by atoms with van der Waals surface area (Å²) in [6.45, 7) is 3.08. The molecule has 1 amide bonds. The Morgan fingerprint density at radius 2 is 1.94 bits per heavy atom. The Balaban J connectivity index is 1.95. The molecule has 2 N–H and O–H groups in total. The number of rotatable bonds is 2. The van der Waals surface area contributed by atoms with Gasteiger partial charge in [0.1, 0.15) is 0 Å². The Hall–Kier alpha value is -1.55. The van der Waals surface area contributed by atoms with Crippen LogP contribution < -0.4 is 5.73 Å². The van der Waals surface area contributed by atoms with E-state index in [1.807, 2.05) is 31.3 Å². The number of nitrogen functional groups attached to an aromatic ring is 1. The molecular weight excluding hydrogens is 202 g/mol. The molecule has 4 nitrogen and oxygen atoms in total. The average Bonchev–Trinajstić information content (AvgIpc) is 2.27. The lowest BCUT2D eigenvalue weighted by atomic mass is 10.2. The molecule has 0 radical (unpaired) electrons. The molecule has 4 heteroatoms. The number of amides is 1. The first-order valence-electron chi connectivity index (χ1n) is 5.46. The summed E-state index contributed by atoms with van der Waals surface area (Å²) in [6.07, 6.45) is 0. The Bertz CT molecular complexity index is 374. The maximum Gasteiger partial charge on any atom is 0.236 e. The van der Waals surface area contributed by atoms with Gasteiger partial charge >= 0.3 is 0 Å². The van der Waals surface area contributed by atoms with Crippen LogP contribution in [0.25, 0.3) is 0 Å². The number of nitrogens with two attached hydrogens (primary N) is 1. The van der Waals surface area contributed by atoms with Crippen molar-refractivity contribution in [3.05, 3.63) is 29.8 Å². The first kappa shape index (κ1) is 11.0. The van der Waals surface area contributed by atoms with E-state index in [1.54, 1.807) is 4.90 Å². The lowest BCUT2D eigenvalue weighted by molar-refractivity contribution is -0.134. The summed E-state index contributed by atoms with van der Waals surface area (Å²) in [5.41, 5.74) is 7.60. The van der Waals surface area contributed by atoms with E-state index in [0.29, 0.717) is 6.54 Å². The van der Waals surface area contributed by atoms with E-state index in [2.05, 4.69) is 4.90 Å². The molecule has 0 atom stereocenters. The summed E-state index contributed by atoms with van der Waals surface area (Å²) < 4.78 is 0. The first-order valence-corrected chi connectivity index (χ1v) is 5.46. The van der Waals surface area contributed by atoms with Gasteiger partial charge in [-0.3, -0.25) is 9.69 Å². The second kappa shape index (κ2) is 4.53. The van der Waals surface area contributed by atoms with Crippen molar-refractivity contribution in [2.24, 2.45) is 0 Å². The molecular formula is C12H17N3O. The molecule has 1 aromatic rings. The third-order valence-corrected chi connectivity index (χ3v) is 2.92. The molecule has 0 aliphatic carbocycles. The van der Waals surface area contributed by atoms with Crippen LogP contribution in [0.15, 0.2) is 24.3 Å². The van der Waals surface area contributed by atoms with E-state index in [1.165, 1.54) is 5.56 Å². The van der Waals surface area contributed by atoms with Crippen LogP contribution >= 0.6 is 0 Å². The summed E-state index contributed by atoms with van der Waals surface area (Å²) in [5, 5.41) is 0. The molecule has 1 fully saturated rings. The molecule has 1 aromatic carbocycles. The zero-order valence-electron chi connectivity index (χ0n) is 9.52. The fourth-order valence-corrected chi connectivity index (χ4v) is 1.82. The maximum atomic E-state index is 11.5. The van der Waals surface area contributed by atoms with Crippen LogP contribution in [0.3, 0.4) is 0 Å². The monoisotopic (exact) mass is 219 g/mol. The SMILES string of the molecule is CN1CCN(Cc2ccc(N)cc2)CC1=O. The number of piperazine rings is 1. The Morgan fingerprint density at radius 1 is 1.25 bits per heavy atom. The molecule has 0 aromatic heterocycles. The van der Waals surface area contributed by atoms with E-state index >= 15 is 0 Å². The van der Waals surface area contributed by atoms with Crippen LogP contribution in [0.1, 0.15) is 5.56 Å². The van der Waals surface area contributed by atoms with Crippen molar-refractivity contribution in [3.63, 3.8) is 0 Å². The second-order valence-corrected chi connectivity index (χ2v) is 4.27. The average molecular weight is 219 g/mol. The van der Waals surface area contributed by atoms with Crippen molar-refractivity contribution in [1.82, 2.24) is 9.80 Å². The number of carbonyl (C=O) groups excluding carboxylic acids is 1. The van der Waals surface area contributed by atoms with Crippen molar-refractivity contribution in [3.8, 4) is 0 Å². The van der Waals surface area contributed by atoms with Gasteiger partial charge in [-0.05, 0) is 17.7 Å². The summed E-state index contributed by atoms with van der Waals surface area (Å²) in [4.78, 5) is 15.5. The van der Waals surface area contributed by atoms with Crippen molar-refractivity contribution < 1.29 is 4.79 Å². The highest BCUT2D eigenvalue weighted by atomic mass is 16.2. The predicted octanol–water partition coefficient (Wildman–Crippen LogP) is 0.543. The van der Waals surface area contributed by atoms with Crippen molar-refractivity contribution in [2.75, 3.05) is 32.4 Å². The largest absolute Gasteiger partial charge is 0.399 e. The lowest BCUT2D eigenvalue weighted by Crippen LogP contribution is -2.47. The highest BCUT2D eigenvalue weighted by Crippen LogP contribution is 2.10. The Kier molecular flexibility index (Phi) is 3.10. The van der Waals surface area contributed by atoms with Crippen molar-refractivity contribution >= 4 is 11.6 Å². The van der Waals surface area contributed by atoms with Crippen LogP contribution in [-0.4, -0.2) is 42.4 Å². The van der Waals surface area contributed by atoms with Gasteiger partial charge in [0.2, 0.25) is 5.91 Å². The van der Waals surface area contributed by atoms with Crippen molar-refractivity contribution in [1.29, 1.82) is 0 Å². The van der Waals surface area contributed by atoms with E-state index in [9.17, 15) is 4.79 Å². The minimum Gasteiger partial charge on any atom is -0.399 e. The smallest absolute Gasteiger partial charge is 0.236 e. The molecule has 1 aliphatic rings. The fraction of sp³-hybridized carbons (Fsp3) is 0.417. The van der Waals surface area contributed by atoms with Crippen LogP contribution in [-0.2, 0) is 11.3 Å². The van der Waals surface area contributed by atoms with Crippen LogP contribution in [0.5, 0.6) is 0 Å². The van der Waals surface area contributed by atoms with E-state index < -0.39 is 0 Å². The molecule has 1 aliphatic heterocycles. The highest BCUT2D eigenvalue weighted by Gasteiger charge is 2.20. The number of carbonyl (C=O) groups is 1. The van der Waals surface area contributed by atoms with Gasteiger partial charge in [-0.25, -0.2) is 0 Å². The number of likely N-dealkylation sites (N-methyl/N-ethyl adjacent to an activating group) is 1. The number of hydrogen-bond donors (Lipinski definition) is 1. The molecule has 0 bridgehead atoms. The summed E-state index contributed by atoms with van der Waals surface area (Å²) in [5.74, 6) is 0.196. The first-order chi connectivity index (χ1) is 7.65. The van der Waals surface area contributed by atoms with E-state index in [-0.39, 0.29) is 5.91 Å².